The minimum Gasteiger partial charge on any atom is -0.472 e. The first-order chi connectivity index (χ1) is 6.88. The summed E-state index contributed by atoms with van der Waals surface area (Å²) >= 11 is 0. The van der Waals surface area contributed by atoms with Crippen LogP contribution in [0.2, 0.25) is 0 Å². The summed E-state index contributed by atoms with van der Waals surface area (Å²) in [5.74, 6) is 0.687. The zero-order valence-electron chi connectivity index (χ0n) is 8.35. The van der Waals surface area contributed by atoms with E-state index in [1.165, 1.54) is 12.0 Å². The van der Waals surface area contributed by atoms with Crippen molar-refractivity contribution >= 4 is 0 Å². The van der Waals surface area contributed by atoms with Crippen molar-refractivity contribution < 1.29 is 9.52 Å². The first-order valence-corrected chi connectivity index (χ1v) is 5.23. The van der Waals surface area contributed by atoms with Gasteiger partial charge in [0.05, 0.1) is 12.5 Å². The number of aliphatic hydroxyl groups excluding tert-OH is 1. The van der Waals surface area contributed by atoms with Gasteiger partial charge in [0.1, 0.15) is 0 Å². The Morgan fingerprint density at radius 1 is 1.57 bits per heavy atom. The van der Waals surface area contributed by atoms with Crippen molar-refractivity contribution in [3.63, 3.8) is 0 Å². The first kappa shape index (κ1) is 9.74. The average molecular weight is 195 g/mol. The van der Waals surface area contributed by atoms with E-state index in [2.05, 4.69) is 4.90 Å². The highest BCUT2D eigenvalue weighted by molar-refractivity contribution is 5.05. The van der Waals surface area contributed by atoms with Gasteiger partial charge in [-0.25, -0.2) is 0 Å². The molecular weight excluding hydrogens is 178 g/mol. The molecule has 0 bridgehead atoms. The SMILES string of the molecule is OCCC1CCN(Cc2ccoc2)C1. The Bertz CT molecular complexity index is 258. The Labute approximate surface area is 84.3 Å². The van der Waals surface area contributed by atoms with E-state index in [0.29, 0.717) is 12.5 Å². The second-order valence-electron chi connectivity index (χ2n) is 4.03. The Balaban J connectivity index is 1.79. The van der Waals surface area contributed by atoms with Gasteiger partial charge in [-0.2, -0.15) is 0 Å². The molecule has 0 aliphatic carbocycles. The number of furan rings is 1. The van der Waals surface area contributed by atoms with Gasteiger partial charge in [-0.3, -0.25) is 4.90 Å². The molecule has 0 spiro atoms. The molecule has 2 heterocycles. The number of aliphatic hydroxyl groups is 1. The van der Waals surface area contributed by atoms with Gasteiger partial charge in [-0.05, 0) is 31.4 Å². The number of hydrogen-bond donors (Lipinski definition) is 1. The number of hydrogen-bond acceptors (Lipinski definition) is 3. The van der Waals surface area contributed by atoms with E-state index in [1.807, 2.05) is 6.07 Å². The van der Waals surface area contributed by atoms with Crippen LogP contribution in [0.3, 0.4) is 0 Å². The summed E-state index contributed by atoms with van der Waals surface area (Å²) in [6.07, 6.45) is 5.69. The molecule has 3 heteroatoms. The van der Waals surface area contributed by atoms with Crippen molar-refractivity contribution in [2.24, 2.45) is 5.92 Å². The van der Waals surface area contributed by atoms with Crippen LogP contribution >= 0.6 is 0 Å². The van der Waals surface area contributed by atoms with Gasteiger partial charge in [-0.1, -0.05) is 0 Å². The second-order valence-corrected chi connectivity index (χ2v) is 4.03. The molecule has 0 aromatic carbocycles. The van der Waals surface area contributed by atoms with Crippen LogP contribution in [0.4, 0.5) is 0 Å². The maximum absolute atomic E-state index is 8.84. The standard InChI is InChI=1S/C11H17NO2/c13-5-2-10-1-4-12(7-10)8-11-3-6-14-9-11/h3,6,9-10,13H,1-2,4-5,7-8H2. The van der Waals surface area contributed by atoms with Crippen LogP contribution in [-0.4, -0.2) is 29.7 Å². The van der Waals surface area contributed by atoms with E-state index in [0.717, 1.165) is 26.1 Å². The van der Waals surface area contributed by atoms with Crippen molar-refractivity contribution in [2.45, 2.75) is 19.4 Å². The predicted molar refractivity (Wildman–Crippen MR) is 53.8 cm³/mol. The van der Waals surface area contributed by atoms with Crippen LogP contribution in [0.15, 0.2) is 23.0 Å². The number of rotatable bonds is 4. The minimum atomic E-state index is 0.324. The van der Waals surface area contributed by atoms with Gasteiger partial charge < -0.3 is 9.52 Å². The molecular formula is C11H17NO2. The van der Waals surface area contributed by atoms with Crippen molar-refractivity contribution in [1.82, 2.24) is 4.90 Å². The zero-order chi connectivity index (χ0) is 9.80. The van der Waals surface area contributed by atoms with Crippen LogP contribution < -0.4 is 0 Å². The van der Waals surface area contributed by atoms with E-state index in [-0.39, 0.29) is 0 Å². The molecule has 1 N–H and O–H groups in total. The van der Waals surface area contributed by atoms with Crippen LogP contribution in [0, 0.1) is 5.92 Å². The number of nitrogens with zero attached hydrogens (tertiary/aromatic N) is 1. The highest BCUT2D eigenvalue weighted by Crippen LogP contribution is 2.20. The third-order valence-electron chi connectivity index (χ3n) is 2.89. The third kappa shape index (κ3) is 2.36. The Morgan fingerprint density at radius 2 is 2.50 bits per heavy atom. The van der Waals surface area contributed by atoms with Crippen molar-refractivity contribution in [3.05, 3.63) is 24.2 Å². The summed E-state index contributed by atoms with van der Waals surface area (Å²) in [7, 11) is 0. The van der Waals surface area contributed by atoms with E-state index in [1.54, 1.807) is 12.5 Å². The summed E-state index contributed by atoms with van der Waals surface area (Å²) in [6, 6.07) is 2.01. The lowest BCUT2D eigenvalue weighted by Gasteiger charge is -2.14. The maximum atomic E-state index is 8.84. The normalized spacial score (nSPS) is 23.1. The molecule has 78 valence electrons. The van der Waals surface area contributed by atoms with Gasteiger partial charge in [0.15, 0.2) is 0 Å². The molecule has 1 unspecified atom stereocenters. The number of likely N-dealkylation sites (tertiary alicyclic amines) is 1. The fraction of sp³-hybridized carbons (Fsp3) is 0.636. The Morgan fingerprint density at radius 3 is 3.21 bits per heavy atom. The molecule has 1 aromatic rings. The quantitative estimate of drug-likeness (QED) is 0.790. The molecule has 0 amide bonds. The molecule has 14 heavy (non-hydrogen) atoms. The smallest absolute Gasteiger partial charge is 0.0947 e. The average Bonchev–Trinajstić information content (AvgIpc) is 2.79. The van der Waals surface area contributed by atoms with Gasteiger partial charge in [0.2, 0.25) is 0 Å². The molecule has 1 atom stereocenters. The first-order valence-electron chi connectivity index (χ1n) is 5.23. The maximum Gasteiger partial charge on any atom is 0.0947 e. The Hall–Kier alpha value is -0.800. The fourth-order valence-electron chi connectivity index (χ4n) is 2.12. The molecule has 1 aliphatic heterocycles. The summed E-state index contributed by atoms with van der Waals surface area (Å²) in [5.41, 5.74) is 1.25. The minimum absolute atomic E-state index is 0.324. The molecule has 1 saturated heterocycles. The van der Waals surface area contributed by atoms with E-state index in [4.69, 9.17) is 9.52 Å². The van der Waals surface area contributed by atoms with Crippen LogP contribution in [0.1, 0.15) is 18.4 Å². The monoisotopic (exact) mass is 195 g/mol. The second kappa shape index (κ2) is 4.62. The summed E-state index contributed by atoms with van der Waals surface area (Å²) < 4.78 is 5.03. The molecule has 1 aliphatic rings. The van der Waals surface area contributed by atoms with Gasteiger partial charge in [0, 0.05) is 25.3 Å². The summed E-state index contributed by atoms with van der Waals surface area (Å²) in [5, 5.41) is 8.84. The van der Waals surface area contributed by atoms with E-state index in [9.17, 15) is 0 Å². The predicted octanol–water partition coefficient (Wildman–Crippen LogP) is 1.48. The van der Waals surface area contributed by atoms with Gasteiger partial charge in [0.25, 0.3) is 0 Å². The fourth-order valence-corrected chi connectivity index (χ4v) is 2.12. The zero-order valence-corrected chi connectivity index (χ0v) is 8.35. The van der Waals surface area contributed by atoms with E-state index < -0.39 is 0 Å². The lowest BCUT2D eigenvalue weighted by Crippen LogP contribution is -2.20. The summed E-state index contributed by atoms with van der Waals surface area (Å²) in [4.78, 5) is 2.42. The lowest BCUT2D eigenvalue weighted by atomic mass is 10.1. The van der Waals surface area contributed by atoms with E-state index >= 15 is 0 Å². The van der Waals surface area contributed by atoms with Gasteiger partial charge >= 0.3 is 0 Å². The molecule has 1 fully saturated rings. The highest BCUT2D eigenvalue weighted by atomic mass is 16.3. The van der Waals surface area contributed by atoms with Crippen molar-refractivity contribution in [3.8, 4) is 0 Å². The van der Waals surface area contributed by atoms with Gasteiger partial charge in [-0.15, -0.1) is 0 Å². The molecule has 0 radical (unpaired) electrons. The highest BCUT2D eigenvalue weighted by Gasteiger charge is 2.21. The summed E-state index contributed by atoms with van der Waals surface area (Å²) in [6.45, 7) is 3.57. The van der Waals surface area contributed by atoms with Crippen LogP contribution in [-0.2, 0) is 6.54 Å². The molecule has 0 saturated carbocycles. The Kier molecular flexibility index (Phi) is 3.22. The molecule has 3 nitrogen and oxygen atoms in total. The lowest BCUT2D eigenvalue weighted by molar-refractivity contribution is 0.249. The topological polar surface area (TPSA) is 36.6 Å². The van der Waals surface area contributed by atoms with Crippen molar-refractivity contribution in [1.29, 1.82) is 0 Å². The third-order valence-corrected chi connectivity index (χ3v) is 2.89. The van der Waals surface area contributed by atoms with Crippen molar-refractivity contribution in [2.75, 3.05) is 19.7 Å². The molecule has 1 aromatic heterocycles. The van der Waals surface area contributed by atoms with Crippen LogP contribution in [0.5, 0.6) is 0 Å². The largest absolute Gasteiger partial charge is 0.472 e. The molecule has 2 rings (SSSR count). The van der Waals surface area contributed by atoms with Crippen LogP contribution in [0.25, 0.3) is 0 Å².